The van der Waals surface area contributed by atoms with E-state index in [-0.39, 0.29) is 17.2 Å². The molecule has 1 amide bonds. The highest BCUT2D eigenvalue weighted by Gasteiger charge is 2.22. The summed E-state index contributed by atoms with van der Waals surface area (Å²) < 4.78 is 11.4. The van der Waals surface area contributed by atoms with Gasteiger partial charge in [0.25, 0.3) is 5.91 Å². The van der Waals surface area contributed by atoms with Crippen LogP contribution in [0, 0.1) is 0 Å². The second-order valence-electron chi connectivity index (χ2n) is 8.31. The zero-order chi connectivity index (χ0) is 23.9. The molecule has 1 saturated heterocycles. The van der Waals surface area contributed by atoms with Gasteiger partial charge in [-0.05, 0) is 47.7 Å². The van der Waals surface area contributed by atoms with Gasteiger partial charge in [-0.1, -0.05) is 25.5 Å². The van der Waals surface area contributed by atoms with Crippen LogP contribution < -0.4 is 15.0 Å². The first-order valence-corrected chi connectivity index (χ1v) is 12.7. The van der Waals surface area contributed by atoms with E-state index in [2.05, 4.69) is 23.2 Å². The van der Waals surface area contributed by atoms with Gasteiger partial charge in [0.1, 0.15) is 5.75 Å². The van der Waals surface area contributed by atoms with Gasteiger partial charge in [-0.15, -0.1) is 11.8 Å². The normalized spacial score (nSPS) is 17.6. The van der Waals surface area contributed by atoms with Crippen molar-refractivity contribution in [2.75, 3.05) is 48.9 Å². The Morgan fingerprint density at radius 2 is 2.00 bits per heavy atom. The molecule has 2 heterocycles. The number of carbonyl (C=O) groups is 2. The fourth-order valence-electron chi connectivity index (χ4n) is 4.01. The van der Waals surface area contributed by atoms with E-state index in [4.69, 9.17) is 9.47 Å². The average Bonchev–Trinajstić information content (AvgIpc) is 3.40. The van der Waals surface area contributed by atoms with Gasteiger partial charge in [0, 0.05) is 30.4 Å². The average molecular weight is 483 g/mol. The molecule has 1 atom stereocenters. The summed E-state index contributed by atoms with van der Waals surface area (Å²) in [6.45, 7) is 5.36. The second kappa shape index (κ2) is 11.4. The summed E-state index contributed by atoms with van der Waals surface area (Å²) in [7, 11) is 0. The molecule has 1 unspecified atom stereocenters. The molecule has 0 aliphatic carbocycles. The minimum absolute atomic E-state index is 0.0597. The van der Waals surface area contributed by atoms with Crippen molar-refractivity contribution < 1.29 is 24.2 Å². The molecule has 8 heteroatoms. The molecule has 2 aliphatic heterocycles. The predicted octanol–water partition coefficient (Wildman–Crippen LogP) is 5.00. The van der Waals surface area contributed by atoms with E-state index in [0.29, 0.717) is 31.1 Å². The van der Waals surface area contributed by atoms with Gasteiger partial charge in [-0.2, -0.15) is 0 Å². The van der Waals surface area contributed by atoms with Gasteiger partial charge in [0.05, 0.1) is 36.6 Å². The van der Waals surface area contributed by atoms with Crippen molar-refractivity contribution in [1.82, 2.24) is 0 Å². The number of carbonyl (C=O) groups excluding carboxylic acids is 1. The zero-order valence-electron chi connectivity index (χ0n) is 19.3. The number of amides is 1. The number of hydrogen-bond acceptors (Lipinski definition) is 6. The molecule has 7 nitrogen and oxygen atoms in total. The van der Waals surface area contributed by atoms with Crippen molar-refractivity contribution in [1.29, 1.82) is 0 Å². The Bertz CT molecular complexity index is 1070. The van der Waals surface area contributed by atoms with Gasteiger partial charge in [0.15, 0.2) is 0 Å². The largest absolute Gasteiger partial charge is 0.493 e. The number of ether oxygens (including phenoxy) is 2. The number of carboxylic acid groups (broad SMARTS) is 1. The van der Waals surface area contributed by atoms with E-state index in [9.17, 15) is 14.7 Å². The van der Waals surface area contributed by atoms with Crippen molar-refractivity contribution in [3.05, 3.63) is 64.6 Å². The Kier molecular flexibility index (Phi) is 8.13. The third-order valence-electron chi connectivity index (χ3n) is 5.97. The number of aromatic carboxylic acids is 1. The standard InChI is InChI=1S/C26H30N2O5S/c1-2-3-11-33-24-7-5-20(28-9-12-32-13-10-28)16-22(24)25(29)27-23-15-18(19-8-14-34-17-19)4-6-21(23)26(30)31/h4-8,14-16,19H,2-3,9-13,17H2,1H3,(H,27,29)(H,30,31). The van der Waals surface area contributed by atoms with Crippen LogP contribution in [-0.2, 0) is 4.74 Å². The lowest BCUT2D eigenvalue weighted by atomic mass is 9.98. The van der Waals surface area contributed by atoms with Gasteiger partial charge >= 0.3 is 5.97 Å². The van der Waals surface area contributed by atoms with Crippen LogP contribution in [0.25, 0.3) is 0 Å². The van der Waals surface area contributed by atoms with Crippen LogP contribution in [0.3, 0.4) is 0 Å². The lowest BCUT2D eigenvalue weighted by molar-refractivity contribution is 0.0698. The first-order chi connectivity index (χ1) is 16.6. The Morgan fingerprint density at radius 3 is 2.71 bits per heavy atom. The molecular weight excluding hydrogens is 452 g/mol. The molecule has 1 fully saturated rings. The lowest BCUT2D eigenvalue weighted by Gasteiger charge is -2.29. The number of anilines is 2. The minimum Gasteiger partial charge on any atom is -0.493 e. The maximum Gasteiger partial charge on any atom is 0.337 e. The highest BCUT2D eigenvalue weighted by Crippen LogP contribution is 2.33. The summed E-state index contributed by atoms with van der Waals surface area (Å²) in [5.41, 5.74) is 2.62. The molecule has 2 N–H and O–H groups in total. The fourth-order valence-corrected chi connectivity index (χ4v) is 4.93. The number of carboxylic acids is 1. The summed E-state index contributed by atoms with van der Waals surface area (Å²) in [5, 5.41) is 14.6. The van der Waals surface area contributed by atoms with Gasteiger partial charge in [0.2, 0.25) is 0 Å². The number of rotatable bonds is 9. The zero-order valence-corrected chi connectivity index (χ0v) is 20.1. The molecule has 0 bridgehead atoms. The maximum absolute atomic E-state index is 13.5. The number of hydrogen-bond donors (Lipinski definition) is 2. The molecule has 4 rings (SSSR count). The molecule has 0 radical (unpaired) electrons. The first-order valence-electron chi connectivity index (χ1n) is 11.6. The van der Waals surface area contributed by atoms with Gasteiger partial charge < -0.3 is 24.8 Å². The first kappa shape index (κ1) is 24.2. The number of allylic oxidation sites excluding steroid dienone is 1. The molecule has 34 heavy (non-hydrogen) atoms. The number of benzene rings is 2. The van der Waals surface area contributed by atoms with Crippen LogP contribution in [0.4, 0.5) is 11.4 Å². The highest BCUT2D eigenvalue weighted by molar-refractivity contribution is 8.02. The second-order valence-corrected chi connectivity index (χ2v) is 9.25. The van der Waals surface area contributed by atoms with Crippen molar-refractivity contribution >= 4 is 35.0 Å². The van der Waals surface area contributed by atoms with Crippen molar-refractivity contribution in [2.45, 2.75) is 25.7 Å². The predicted molar refractivity (Wildman–Crippen MR) is 136 cm³/mol. The molecule has 2 aromatic rings. The molecular formula is C26H30N2O5S. The van der Waals surface area contributed by atoms with Crippen LogP contribution in [0.15, 0.2) is 47.9 Å². The van der Waals surface area contributed by atoms with Crippen LogP contribution in [0.2, 0.25) is 0 Å². The molecule has 2 aliphatic rings. The van der Waals surface area contributed by atoms with E-state index in [1.165, 1.54) is 0 Å². The third kappa shape index (κ3) is 5.74. The highest BCUT2D eigenvalue weighted by atomic mass is 32.2. The maximum atomic E-state index is 13.5. The van der Waals surface area contributed by atoms with E-state index in [1.54, 1.807) is 23.9 Å². The number of thioether (sulfide) groups is 1. The van der Waals surface area contributed by atoms with Gasteiger partial charge in [-0.3, -0.25) is 4.79 Å². The summed E-state index contributed by atoms with van der Waals surface area (Å²) in [6.07, 6.45) is 3.96. The molecule has 180 valence electrons. The van der Waals surface area contributed by atoms with Crippen LogP contribution in [-0.4, -0.2) is 55.6 Å². The molecule has 0 saturated carbocycles. The Balaban J connectivity index is 1.64. The minimum atomic E-state index is -1.08. The SMILES string of the molecule is CCCCOc1ccc(N2CCOCC2)cc1C(=O)Nc1cc(C2C=CSC2)ccc1C(=O)O. The number of nitrogens with zero attached hydrogens (tertiary/aromatic N) is 1. The topological polar surface area (TPSA) is 88.1 Å². The number of morpholine rings is 1. The fraction of sp³-hybridized carbons (Fsp3) is 0.385. The van der Waals surface area contributed by atoms with Crippen molar-refractivity contribution in [3.8, 4) is 5.75 Å². The van der Waals surface area contributed by atoms with Crippen molar-refractivity contribution in [3.63, 3.8) is 0 Å². The van der Waals surface area contributed by atoms with E-state index < -0.39 is 11.9 Å². The summed E-state index contributed by atoms with van der Waals surface area (Å²) in [6, 6.07) is 10.8. The summed E-state index contributed by atoms with van der Waals surface area (Å²) in [4.78, 5) is 27.5. The molecule has 0 aromatic heterocycles. The van der Waals surface area contributed by atoms with E-state index in [0.717, 1.165) is 42.9 Å². The van der Waals surface area contributed by atoms with Crippen LogP contribution >= 0.6 is 11.8 Å². The lowest BCUT2D eigenvalue weighted by Crippen LogP contribution is -2.36. The quantitative estimate of drug-likeness (QED) is 0.487. The Morgan fingerprint density at radius 1 is 1.18 bits per heavy atom. The smallest absolute Gasteiger partial charge is 0.337 e. The Hall–Kier alpha value is -2.97. The van der Waals surface area contributed by atoms with Crippen LogP contribution in [0.1, 0.15) is 52.0 Å². The number of nitrogens with one attached hydrogen (secondary N) is 1. The third-order valence-corrected chi connectivity index (χ3v) is 6.87. The summed E-state index contributed by atoms with van der Waals surface area (Å²) >= 11 is 1.72. The van der Waals surface area contributed by atoms with E-state index in [1.807, 2.05) is 29.7 Å². The monoisotopic (exact) mass is 482 g/mol. The number of unbranched alkanes of at least 4 members (excludes halogenated alkanes) is 1. The van der Waals surface area contributed by atoms with E-state index >= 15 is 0 Å². The molecule has 2 aromatic carbocycles. The van der Waals surface area contributed by atoms with Gasteiger partial charge in [-0.25, -0.2) is 4.79 Å². The Labute approximate surface area is 204 Å². The molecule has 0 spiro atoms. The van der Waals surface area contributed by atoms with Crippen LogP contribution in [0.5, 0.6) is 5.75 Å². The summed E-state index contributed by atoms with van der Waals surface area (Å²) in [5.74, 6) is 0.112. The van der Waals surface area contributed by atoms with Crippen molar-refractivity contribution in [2.24, 2.45) is 0 Å².